The second-order valence-electron chi connectivity index (χ2n) is 3.80. The van der Waals surface area contributed by atoms with Crippen LogP contribution in [-0.4, -0.2) is 23.9 Å². The van der Waals surface area contributed by atoms with E-state index in [1.54, 1.807) is 0 Å². The summed E-state index contributed by atoms with van der Waals surface area (Å²) in [6.45, 7) is 1.09. The van der Waals surface area contributed by atoms with Crippen LogP contribution in [-0.2, 0) is 4.74 Å². The Kier molecular flexibility index (Phi) is 1.90. The van der Waals surface area contributed by atoms with Crippen molar-refractivity contribution in [3.8, 4) is 0 Å². The van der Waals surface area contributed by atoms with Crippen LogP contribution in [0.25, 0.3) is 0 Å². The van der Waals surface area contributed by atoms with Crippen molar-refractivity contribution in [3.63, 3.8) is 0 Å². The largest absolute Gasteiger partial charge is 0.393 e. The van der Waals surface area contributed by atoms with Crippen molar-refractivity contribution >= 4 is 0 Å². The molecule has 0 spiro atoms. The molecule has 2 fully saturated rings. The molecule has 11 heavy (non-hydrogen) atoms. The van der Waals surface area contributed by atoms with E-state index < -0.39 is 0 Å². The molecule has 64 valence electrons. The molecule has 0 bridgehead atoms. The Bertz CT molecular complexity index is 134. The highest BCUT2D eigenvalue weighted by Crippen LogP contribution is 2.45. The Morgan fingerprint density at radius 3 is 2.64 bits per heavy atom. The fraction of sp³-hybridized carbons (Fsp3) is 1.00. The van der Waals surface area contributed by atoms with E-state index in [0.717, 1.165) is 13.0 Å². The predicted octanol–water partition coefficient (Wildman–Crippen LogP) is 1.33. The third kappa shape index (κ3) is 1.30. The third-order valence-corrected chi connectivity index (χ3v) is 2.97. The lowest BCUT2D eigenvalue weighted by Gasteiger charge is -2.35. The minimum absolute atomic E-state index is 0.113. The smallest absolute Gasteiger partial charge is 0.0940 e. The first-order chi connectivity index (χ1) is 5.37. The van der Waals surface area contributed by atoms with Crippen molar-refractivity contribution in [3.05, 3.63) is 0 Å². The number of aliphatic hydroxyl groups is 1. The van der Waals surface area contributed by atoms with Crippen LogP contribution in [0.4, 0.5) is 0 Å². The molecule has 1 saturated heterocycles. The van der Waals surface area contributed by atoms with Gasteiger partial charge >= 0.3 is 0 Å². The average molecular weight is 156 g/mol. The number of aliphatic hydroxyl groups excluding tert-OH is 1. The highest BCUT2D eigenvalue weighted by atomic mass is 16.5. The van der Waals surface area contributed by atoms with E-state index in [0.29, 0.717) is 5.92 Å². The van der Waals surface area contributed by atoms with E-state index in [1.807, 2.05) is 0 Å². The monoisotopic (exact) mass is 156 g/mol. The van der Waals surface area contributed by atoms with Crippen LogP contribution in [0.1, 0.15) is 32.1 Å². The molecule has 0 aromatic carbocycles. The molecule has 0 aromatic heterocycles. The minimum atomic E-state index is -0.113. The van der Waals surface area contributed by atoms with Gasteiger partial charge in [0.1, 0.15) is 0 Å². The minimum Gasteiger partial charge on any atom is -0.393 e. The first-order valence-electron chi connectivity index (χ1n) is 4.62. The number of rotatable bonds is 2. The van der Waals surface area contributed by atoms with Gasteiger partial charge in [-0.15, -0.1) is 0 Å². The van der Waals surface area contributed by atoms with Gasteiger partial charge in [-0.05, 0) is 38.0 Å². The van der Waals surface area contributed by atoms with Gasteiger partial charge in [0.15, 0.2) is 0 Å². The van der Waals surface area contributed by atoms with E-state index >= 15 is 0 Å². The molecule has 1 saturated carbocycles. The number of hydrogen-bond donors (Lipinski definition) is 1. The van der Waals surface area contributed by atoms with Crippen LogP contribution in [0.15, 0.2) is 0 Å². The fourth-order valence-corrected chi connectivity index (χ4v) is 2.06. The lowest BCUT2D eigenvalue weighted by Crippen LogP contribution is -2.42. The molecule has 1 unspecified atom stereocenters. The quantitative estimate of drug-likeness (QED) is 0.653. The Balaban J connectivity index is 2.01. The van der Waals surface area contributed by atoms with Gasteiger partial charge in [-0.3, -0.25) is 0 Å². The molecule has 0 radical (unpaired) electrons. The second kappa shape index (κ2) is 2.76. The Labute approximate surface area is 67.6 Å². The summed E-state index contributed by atoms with van der Waals surface area (Å²) in [6.07, 6.45) is 6.01. The Morgan fingerprint density at radius 2 is 2.18 bits per heavy atom. The maximum Gasteiger partial charge on any atom is 0.0940 e. The summed E-state index contributed by atoms with van der Waals surface area (Å²) in [7, 11) is 0. The molecule has 2 nitrogen and oxygen atoms in total. The van der Waals surface area contributed by atoms with Gasteiger partial charge in [-0.2, -0.15) is 0 Å². The van der Waals surface area contributed by atoms with Crippen molar-refractivity contribution in [2.24, 2.45) is 5.92 Å². The molecular formula is C9H16O2. The molecule has 2 aliphatic rings. The summed E-state index contributed by atoms with van der Waals surface area (Å²) >= 11 is 0. The van der Waals surface area contributed by atoms with Crippen molar-refractivity contribution < 1.29 is 9.84 Å². The van der Waals surface area contributed by atoms with Gasteiger partial charge in [-0.1, -0.05) is 0 Å². The third-order valence-electron chi connectivity index (χ3n) is 2.97. The fourth-order valence-electron chi connectivity index (χ4n) is 2.06. The van der Waals surface area contributed by atoms with Crippen LogP contribution in [0, 0.1) is 5.92 Å². The van der Waals surface area contributed by atoms with Crippen LogP contribution in [0.3, 0.4) is 0 Å². The summed E-state index contributed by atoms with van der Waals surface area (Å²) in [6, 6.07) is 0. The van der Waals surface area contributed by atoms with Gasteiger partial charge in [0.25, 0.3) is 0 Å². The van der Waals surface area contributed by atoms with Crippen molar-refractivity contribution in [2.75, 3.05) is 13.2 Å². The maximum absolute atomic E-state index is 9.23. The maximum atomic E-state index is 9.23. The van der Waals surface area contributed by atoms with Gasteiger partial charge in [0.05, 0.1) is 12.2 Å². The van der Waals surface area contributed by atoms with Gasteiger partial charge < -0.3 is 9.84 Å². The molecule has 1 atom stereocenters. The molecule has 2 heteroatoms. The SMILES string of the molecule is OCC1(C2CC2)CCCCO1. The van der Waals surface area contributed by atoms with Crippen molar-refractivity contribution in [1.82, 2.24) is 0 Å². The van der Waals surface area contributed by atoms with Gasteiger partial charge in [-0.25, -0.2) is 0 Å². The molecule has 1 aliphatic heterocycles. The van der Waals surface area contributed by atoms with Crippen LogP contribution in [0.2, 0.25) is 0 Å². The molecule has 1 heterocycles. The van der Waals surface area contributed by atoms with Crippen molar-refractivity contribution in [1.29, 1.82) is 0 Å². The standard InChI is InChI=1S/C9H16O2/c10-7-9(8-3-4-8)5-1-2-6-11-9/h8,10H,1-7H2. The summed E-state index contributed by atoms with van der Waals surface area (Å²) < 4.78 is 5.69. The Hall–Kier alpha value is -0.0800. The summed E-state index contributed by atoms with van der Waals surface area (Å²) in [5, 5.41) is 9.23. The Morgan fingerprint density at radius 1 is 1.36 bits per heavy atom. The van der Waals surface area contributed by atoms with E-state index in [-0.39, 0.29) is 12.2 Å². The molecule has 0 amide bonds. The van der Waals surface area contributed by atoms with E-state index in [2.05, 4.69) is 0 Å². The van der Waals surface area contributed by atoms with Crippen LogP contribution >= 0.6 is 0 Å². The molecule has 1 N–H and O–H groups in total. The van der Waals surface area contributed by atoms with Crippen molar-refractivity contribution in [2.45, 2.75) is 37.7 Å². The lowest BCUT2D eigenvalue weighted by molar-refractivity contribution is -0.121. The number of ether oxygens (including phenoxy) is 1. The zero-order valence-corrected chi connectivity index (χ0v) is 6.88. The van der Waals surface area contributed by atoms with Gasteiger partial charge in [0.2, 0.25) is 0 Å². The van der Waals surface area contributed by atoms with E-state index in [4.69, 9.17) is 4.74 Å². The topological polar surface area (TPSA) is 29.5 Å². The average Bonchev–Trinajstić information content (AvgIpc) is 2.88. The lowest BCUT2D eigenvalue weighted by atomic mass is 9.90. The summed E-state index contributed by atoms with van der Waals surface area (Å²) in [5.74, 6) is 0.674. The first kappa shape index (κ1) is 7.56. The molecule has 2 rings (SSSR count). The molecule has 0 aromatic rings. The zero-order chi connectivity index (χ0) is 7.73. The molecule has 1 aliphatic carbocycles. The van der Waals surface area contributed by atoms with E-state index in [9.17, 15) is 5.11 Å². The van der Waals surface area contributed by atoms with Crippen LogP contribution < -0.4 is 0 Å². The highest BCUT2D eigenvalue weighted by Gasteiger charge is 2.46. The second-order valence-corrected chi connectivity index (χ2v) is 3.80. The first-order valence-corrected chi connectivity index (χ1v) is 4.62. The summed E-state index contributed by atoms with van der Waals surface area (Å²) in [4.78, 5) is 0. The van der Waals surface area contributed by atoms with E-state index in [1.165, 1.54) is 25.7 Å². The predicted molar refractivity (Wildman–Crippen MR) is 42.3 cm³/mol. The normalized spacial score (nSPS) is 39.0. The summed E-state index contributed by atoms with van der Waals surface area (Å²) in [5.41, 5.74) is -0.113. The molecular weight excluding hydrogens is 140 g/mol. The highest BCUT2D eigenvalue weighted by molar-refractivity contribution is 4.97. The zero-order valence-electron chi connectivity index (χ0n) is 6.88. The van der Waals surface area contributed by atoms with Crippen LogP contribution in [0.5, 0.6) is 0 Å². The number of hydrogen-bond acceptors (Lipinski definition) is 2. The van der Waals surface area contributed by atoms with Gasteiger partial charge in [0, 0.05) is 6.61 Å².